The summed E-state index contributed by atoms with van der Waals surface area (Å²) in [7, 11) is 0. The van der Waals surface area contributed by atoms with Gasteiger partial charge in [-0.15, -0.1) is 0 Å². The van der Waals surface area contributed by atoms with E-state index in [9.17, 15) is 24.2 Å². The van der Waals surface area contributed by atoms with E-state index in [0.29, 0.717) is 54.0 Å². The van der Waals surface area contributed by atoms with Gasteiger partial charge in [0.1, 0.15) is 17.3 Å². The van der Waals surface area contributed by atoms with Crippen LogP contribution in [0, 0.1) is 24.6 Å². The predicted octanol–water partition coefficient (Wildman–Crippen LogP) is 6.06. The average Bonchev–Trinajstić information content (AvgIpc) is 2.93. The summed E-state index contributed by atoms with van der Waals surface area (Å²) < 4.78 is 14.9. The lowest BCUT2D eigenvalue weighted by Crippen LogP contribution is -2.53. The van der Waals surface area contributed by atoms with Gasteiger partial charge >= 0.3 is 0 Å². The van der Waals surface area contributed by atoms with Crippen LogP contribution in [0.5, 0.6) is 11.5 Å². The van der Waals surface area contributed by atoms with Crippen LogP contribution in [0.2, 0.25) is 0 Å². The van der Waals surface area contributed by atoms with Gasteiger partial charge in [-0.05, 0) is 76.1 Å². The molecular weight excluding hydrogens is 519 g/mol. The zero-order chi connectivity index (χ0) is 29.8. The van der Waals surface area contributed by atoms with Crippen LogP contribution in [0.1, 0.15) is 65.5 Å². The van der Waals surface area contributed by atoms with Crippen molar-refractivity contribution in [2.75, 3.05) is 26.2 Å². The van der Waals surface area contributed by atoms with Crippen molar-refractivity contribution >= 4 is 11.6 Å². The van der Waals surface area contributed by atoms with Gasteiger partial charge < -0.3 is 15.1 Å². The summed E-state index contributed by atoms with van der Waals surface area (Å²) in [5.41, 5.74) is 1.75. The Morgan fingerprint density at radius 1 is 0.854 bits per heavy atom. The second kappa shape index (κ2) is 13.0. The molecule has 7 heteroatoms. The third-order valence-electron chi connectivity index (χ3n) is 8.38. The Morgan fingerprint density at radius 2 is 1.34 bits per heavy atom. The molecule has 1 aliphatic heterocycles. The highest BCUT2D eigenvalue weighted by Gasteiger charge is 2.45. The number of halogens is 1. The van der Waals surface area contributed by atoms with Crippen LogP contribution in [0.4, 0.5) is 4.39 Å². The zero-order valence-electron chi connectivity index (χ0n) is 24.5. The largest absolute Gasteiger partial charge is 0.508 e. The Labute approximate surface area is 242 Å². The number of likely N-dealkylation sites (tertiary alicyclic amines) is 1. The normalized spacial score (nSPS) is 18.4. The molecule has 0 saturated carbocycles. The molecular formula is C34H41FN2O4. The molecule has 1 aliphatic rings. The van der Waals surface area contributed by atoms with E-state index in [1.165, 1.54) is 30.3 Å². The van der Waals surface area contributed by atoms with Crippen molar-refractivity contribution in [3.63, 3.8) is 0 Å². The molecule has 6 nitrogen and oxygen atoms in total. The number of Topliss-reactive ketones (excluding diaryl/α,β-unsaturated/α-hetero) is 2. The zero-order valence-corrected chi connectivity index (χ0v) is 24.5. The lowest BCUT2D eigenvalue weighted by atomic mass is 9.67. The van der Waals surface area contributed by atoms with Crippen LogP contribution in [0.25, 0.3) is 0 Å². The molecule has 1 fully saturated rings. The minimum absolute atomic E-state index is 0.0149. The van der Waals surface area contributed by atoms with Gasteiger partial charge in [-0.3, -0.25) is 14.5 Å². The molecule has 1 heterocycles. The molecule has 2 atom stereocenters. The maximum atomic E-state index is 14.9. The van der Waals surface area contributed by atoms with Crippen molar-refractivity contribution in [3.05, 3.63) is 94.8 Å². The Morgan fingerprint density at radius 3 is 1.80 bits per heavy atom. The number of carbonyl (C=O) groups is 2. The fraction of sp³-hybridized carbons (Fsp3) is 0.412. The van der Waals surface area contributed by atoms with Crippen LogP contribution in [0.15, 0.2) is 66.7 Å². The van der Waals surface area contributed by atoms with Gasteiger partial charge in [-0.25, -0.2) is 4.39 Å². The van der Waals surface area contributed by atoms with Gasteiger partial charge in [-0.2, -0.15) is 0 Å². The van der Waals surface area contributed by atoms with E-state index in [0.717, 1.165) is 6.54 Å². The number of hydrogen-bond acceptors (Lipinski definition) is 6. The van der Waals surface area contributed by atoms with E-state index in [-0.39, 0.29) is 28.9 Å². The van der Waals surface area contributed by atoms with Crippen LogP contribution < -0.4 is 0 Å². The number of rotatable bonds is 10. The molecule has 0 amide bonds. The molecule has 1 saturated heterocycles. The van der Waals surface area contributed by atoms with Gasteiger partial charge in [0, 0.05) is 67.1 Å². The minimum Gasteiger partial charge on any atom is -0.508 e. The highest BCUT2D eigenvalue weighted by atomic mass is 19.1. The molecule has 3 aromatic rings. The fourth-order valence-electron chi connectivity index (χ4n) is 6.35. The number of ketones is 2. The number of phenols is 2. The van der Waals surface area contributed by atoms with Gasteiger partial charge in [0.25, 0.3) is 0 Å². The maximum absolute atomic E-state index is 14.9. The van der Waals surface area contributed by atoms with Crippen LogP contribution >= 0.6 is 0 Å². The first-order valence-corrected chi connectivity index (χ1v) is 14.4. The highest BCUT2D eigenvalue weighted by Crippen LogP contribution is 2.42. The lowest BCUT2D eigenvalue weighted by molar-refractivity contribution is 0.0515. The second-order valence-corrected chi connectivity index (χ2v) is 11.7. The van der Waals surface area contributed by atoms with Gasteiger partial charge in [0.05, 0.1) is 0 Å². The summed E-state index contributed by atoms with van der Waals surface area (Å²) in [4.78, 5) is 32.9. The smallest absolute Gasteiger partial charge is 0.167 e. The Balaban J connectivity index is 1.82. The third-order valence-corrected chi connectivity index (χ3v) is 8.38. The van der Waals surface area contributed by atoms with E-state index in [1.54, 1.807) is 37.3 Å². The monoisotopic (exact) mass is 560 g/mol. The van der Waals surface area contributed by atoms with Crippen molar-refractivity contribution in [1.82, 2.24) is 9.80 Å². The molecule has 0 aliphatic carbocycles. The number of nitrogens with zero attached hydrogens (tertiary/aromatic N) is 2. The van der Waals surface area contributed by atoms with Gasteiger partial charge in [0.2, 0.25) is 0 Å². The Kier molecular flexibility index (Phi) is 9.61. The molecule has 0 aromatic heterocycles. The van der Waals surface area contributed by atoms with E-state index < -0.39 is 17.8 Å². The number of hydrogen-bond donors (Lipinski definition) is 2. The molecule has 0 unspecified atom stereocenters. The molecule has 3 aromatic carbocycles. The standard InChI is InChI=1S/C34H41FN2O4/c1-21(2)37(22(3)4)16-15-36-19-29(33(40)24-9-6-11-26(38)17-24)32(28-13-8-14-31(35)23(28)5)30(20-36)34(41)25-10-7-12-27(39)18-25/h6-14,17-18,21-22,29-30,32,38-39H,15-16,19-20H2,1-5H3/t29-,30-/m0/s1. The Hall–Kier alpha value is -3.55. The second-order valence-electron chi connectivity index (χ2n) is 11.7. The topological polar surface area (TPSA) is 81.1 Å². The number of aromatic hydroxyl groups is 2. The molecule has 2 N–H and O–H groups in total. The molecule has 218 valence electrons. The average molecular weight is 561 g/mol. The lowest BCUT2D eigenvalue weighted by Gasteiger charge is -2.44. The van der Waals surface area contributed by atoms with Crippen LogP contribution in [0.3, 0.4) is 0 Å². The van der Waals surface area contributed by atoms with Crippen LogP contribution in [-0.4, -0.2) is 69.8 Å². The van der Waals surface area contributed by atoms with Gasteiger partial charge in [0.15, 0.2) is 11.6 Å². The van der Waals surface area contributed by atoms with E-state index in [1.807, 2.05) is 6.07 Å². The molecule has 0 radical (unpaired) electrons. The molecule has 4 rings (SSSR count). The number of piperidine rings is 1. The third kappa shape index (κ3) is 6.85. The molecule has 41 heavy (non-hydrogen) atoms. The maximum Gasteiger partial charge on any atom is 0.167 e. The minimum atomic E-state index is -0.663. The van der Waals surface area contributed by atoms with E-state index >= 15 is 0 Å². The Bertz CT molecular complexity index is 1310. The van der Waals surface area contributed by atoms with E-state index in [4.69, 9.17) is 0 Å². The summed E-state index contributed by atoms with van der Waals surface area (Å²) in [6, 6.07) is 18.0. The van der Waals surface area contributed by atoms with Crippen molar-refractivity contribution in [1.29, 1.82) is 0 Å². The quantitative estimate of drug-likeness (QED) is 0.294. The molecule has 0 spiro atoms. The molecule has 0 bridgehead atoms. The summed E-state index contributed by atoms with van der Waals surface area (Å²) in [5.74, 6) is -2.74. The summed E-state index contributed by atoms with van der Waals surface area (Å²) >= 11 is 0. The van der Waals surface area contributed by atoms with Crippen molar-refractivity contribution in [2.45, 2.75) is 52.6 Å². The summed E-state index contributed by atoms with van der Waals surface area (Å²) in [5, 5.41) is 20.3. The number of benzene rings is 3. The first kappa shape index (κ1) is 30.4. The van der Waals surface area contributed by atoms with Crippen LogP contribution in [-0.2, 0) is 0 Å². The number of phenolic OH excluding ortho intramolecular Hbond substituents is 2. The van der Waals surface area contributed by atoms with Crippen molar-refractivity contribution in [3.8, 4) is 11.5 Å². The number of carbonyl (C=O) groups excluding carboxylic acids is 2. The first-order chi connectivity index (χ1) is 19.5. The van der Waals surface area contributed by atoms with Crippen molar-refractivity contribution < 1.29 is 24.2 Å². The predicted molar refractivity (Wildman–Crippen MR) is 159 cm³/mol. The van der Waals surface area contributed by atoms with Gasteiger partial charge in [-0.1, -0.05) is 36.4 Å². The summed E-state index contributed by atoms with van der Waals surface area (Å²) in [6.07, 6.45) is 0. The SMILES string of the molecule is Cc1c(F)cccc1C1[C@@H](C(=O)c2cccc(O)c2)CN(CCN(C(C)C)C(C)C)C[C@@H]1C(=O)c1cccc(O)c1. The van der Waals surface area contributed by atoms with E-state index in [2.05, 4.69) is 37.5 Å². The fourth-order valence-corrected chi connectivity index (χ4v) is 6.35. The van der Waals surface area contributed by atoms with Crippen molar-refractivity contribution in [2.24, 2.45) is 11.8 Å². The first-order valence-electron chi connectivity index (χ1n) is 14.4. The summed E-state index contributed by atoms with van der Waals surface area (Å²) in [6.45, 7) is 12.5. The highest BCUT2D eigenvalue weighted by molar-refractivity contribution is 6.02.